The van der Waals surface area contributed by atoms with Gasteiger partial charge in [-0.25, -0.2) is 4.98 Å². The van der Waals surface area contributed by atoms with Crippen LogP contribution in [0.5, 0.6) is 5.75 Å². The number of carbonyl (C=O) groups is 1. The second-order valence-electron chi connectivity index (χ2n) is 10.6. The highest BCUT2D eigenvalue weighted by molar-refractivity contribution is 7.50. The molecule has 0 atom stereocenters. The number of aliphatic hydroxyl groups excluding tert-OH is 1. The Hall–Kier alpha value is -3.78. The van der Waals surface area contributed by atoms with E-state index in [0.29, 0.717) is 25.6 Å². The number of rotatable bonds is 8. The van der Waals surface area contributed by atoms with Crippen LogP contribution < -0.4 is 15.4 Å². The number of pyridine rings is 1. The number of aliphatic hydroxyl groups is 1. The van der Waals surface area contributed by atoms with Crippen LogP contribution >= 0.6 is 7.60 Å². The van der Waals surface area contributed by atoms with Crippen LogP contribution in [-0.4, -0.2) is 60.9 Å². The van der Waals surface area contributed by atoms with Gasteiger partial charge in [0, 0.05) is 25.9 Å². The molecule has 5 rings (SSSR count). The van der Waals surface area contributed by atoms with Crippen LogP contribution in [0, 0.1) is 0 Å². The van der Waals surface area contributed by atoms with Crippen molar-refractivity contribution in [2.75, 3.05) is 24.8 Å². The Bertz CT molecular complexity index is 1590. The minimum atomic E-state index is -4.82. The topological polar surface area (TPSA) is 170 Å². The molecule has 1 amide bonds. The number of methoxy groups -OCH3 is 1. The lowest BCUT2D eigenvalue weighted by Gasteiger charge is -2.27. The normalized spacial score (nSPS) is 18.9. The molecular weight excluding hydrogens is 592 g/mol. The van der Waals surface area contributed by atoms with Crippen LogP contribution in [0.4, 0.5) is 36.3 Å². The fourth-order valence-electron chi connectivity index (χ4n) is 5.48. The molecule has 43 heavy (non-hydrogen) atoms. The minimum absolute atomic E-state index is 0.0442. The van der Waals surface area contributed by atoms with Gasteiger partial charge in [-0.15, -0.1) is 0 Å². The smallest absolute Gasteiger partial charge is 0.421 e. The third kappa shape index (κ3) is 6.74. The van der Waals surface area contributed by atoms with E-state index in [-0.39, 0.29) is 52.3 Å². The minimum Gasteiger partial charge on any atom is -0.494 e. The zero-order chi connectivity index (χ0) is 31.1. The van der Waals surface area contributed by atoms with Crippen molar-refractivity contribution < 1.29 is 42.2 Å². The van der Waals surface area contributed by atoms with Gasteiger partial charge in [-0.2, -0.15) is 18.2 Å². The summed E-state index contributed by atoms with van der Waals surface area (Å²) in [5.41, 5.74) is 1.17. The Labute approximate surface area is 244 Å². The number of anilines is 4. The molecule has 1 aliphatic carbocycles. The number of benzene rings is 1. The van der Waals surface area contributed by atoms with E-state index in [1.165, 1.54) is 24.3 Å². The number of ether oxygens (including phenoxy) is 1. The summed E-state index contributed by atoms with van der Waals surface area (Å²) in [4.78, 5) is 45.0. The highest BCUT2D eigenvalue weighted by Gasteiger charge is 2.37. The molecule has 1 fully saturated rings. The van der Waals surface area contributed by atoms with Crippen LogP contribution in [0.1, 0.15) is 64.3 Å². The number of hydrogen-bond donors (Lipinski definition) is 5. The number of carbonyl (C=O) groups excluding carboxylic acids is 1. The van der Waals surface area contributed by atoms with Crippen molar-refractivity contribution in [1.29, 1.82) is 0 Å². The number of nitrogens with one attached hydrogen (secondary N) is 2. The van der Waals surface area contributed by atoms with Gasteiger partial charge < -0.3 is 35.2 Å². The van der Waals surface area contributed by atoms with Gasteiger partial charge in [0.05, 0.1) is 42.5 Å². The Balaban J connectivity index is 1.50. The third-order valence-corrected chi connectivity index (χ3v) is 8.28. The van der Waals surface area contributed by atoms with Crippen LogP contribution in [0.25, 0.3) is 0 Å². The van der Waals surface area contributed by atoms with E-state index in [4.69, 9.17) is 4.74 Å². The van der Waals surface area contributed by atoms with Crippen molar-refractivity contribution in [3.8, 4) is 5.75 Å². The molecule has 0 radical (unpaired) electrons. The van der Waals surface area contributed by atoms with E-state index in [2.05, 4.69) is 25.6 Å². The van der Waals surface area contributed by atoms with Gasteiger partial charge in [-0.3, -0.25) is 14.3 Å². The molecule has 16 heteroatoms. The molecule has 1 aromatic carbocycles. The summed E-state index contributed by atoms with van der Waals surface area (Å²) in [6.45, 7) is 0.311. The first-order chi connectivity index (χ1) is 20.2. The second kappa shape index (κ2) is 11.7. The number of halogens is 3. The Morgan fingerprint density at radius 1 is 1.09 bits per heavy atom. The molecule has 0 bridgehead atoms. The van der Waals surface area contributed by atoms with E-state index in [1.54, 1.807) is 13.1 Å². The molecule has 0 unspecified atom stereocenters. The summed E-state index contributed by atoms with van der Waals surface area (Å²) in [5, 5.41) is 15.4. The maximum Gasteiger partial charge on any atom is 0.421 e. The Morgan fingerprint density at radius 2 is 1.81 bits per heavy atom. The summed E-state index contributed by atoms with van der Waals surface area (Å²) in [5.74, 6) is -0.942. The van der Waals surface area contributed by atoms with E-state index in [1.807, 2.05) is 6.07 Å². The summed E-state index contributed by atoms with van der Waals surface area (Å²) < 4.78 is 58.7. The van der Waals surface area contributed by atoms with Gasteiger partial charge in [-0.1, -0.05) is 6.07 Å². The quantitative estimate of drug-likeness (QED) is 0.221. The SMILES string of the molecule is COc1cc(CP(=O)(O)O)ncc1Nc1ncc(C(F)(F)F)c(Nc2ccc([C@H]3CC[C@H](O)CC3)c3c2C(=O)N(C)C3)n1. The summed E-state index contributed by atoms with van der Waals surface area (Å²) >= 11 is 0. The van der Waals surface area contributed by atoms with E-state index < -0.39 is 31.3 Å². The zero-order valence-corrected chi connectivity index (χ0v) is 24.1. The van der Waals surface area contributed by atoms with Crippen LogP contribution in [0.15, 0.2) is 30.6 Å². The van der Waals surface area contributed by atoms with Crippen molar-refractivity contribution in [1.82, 2.24) is 19.9 Å². The lowest BCUT2D eigenvalue weighted by Crippen LogP contribution is -2.18. The standard InChI is InChI=1S/C27H30F3N6O6P/c1-36-12-18-17(14-3-5-16(37)6-4-14)7-8-20(23(18)25(36)38)33-24-19(27(28,29)30)10-32-26(35-24)34-21-11-31-15(9-22(21)42-2)13-43(39,40)41/h7-11,14,16,37H,3-6,12-13H2,1-2H3,(H2,39,40,41)(H2,32,33,34,35)/t14-,16-. The summed E-state index contributed by atoms with van der Waals surface area (Å²) in [7, 11) is -1.48. The highest BCUT2D eigenvalue weighted by atomic mass is 31.2. The van der Waals surface area contributed by atoms with E-state index in [9.17, 15) is 37.4 Å². The van der Waals surface area contributed by atoms with E-state index in [0.717, 1.165) is 24.0 Å². The van der Waals surface area contributed by atoms with Gasteiger partial charge in [-0.05, 0) is 48.8 Å². The fraction of sp³-hybridized carbons (Fsp3) is 0.407. The average Bonchev–Trinajstić information content (AvgIpc) is 3.23. The van der Waals surface area contributed by atoms with Gasteiger partial charge in [0.25, 0.3) is 5.91 Å². The van der Waals surface area contributed by atoms with Crippen molar-refractivity contribution in [3.63, 3.8) is 0 Å². The molecule has 3 aromatic rings. The number of aromatic nitrogens is 3. The lowest BCUT2D eigenvalue weighted by molar-refractivity contribution is -0.137. The van der Waals surface area contributed by atoms with Crippen LogP contribution in [0.3, 0.4) is 0 Å². The van der Waals surface area contributed by atoms with Gasteiger partial charge in [0.1, 0.15) is 22.8 Å². The second-order valence-corrected chi connectivity index (χ2v) is 12.3. The summed E-state index contributed by atoms with van der Waals surface area (Å²) in [6.07, 6.45) is -1.23. The van der Waals surface area contributed by atoms with Crippen molar-refractivity contribution in [3.05, 3.63) is 58.5 Å². The Morgan fingerprint density at radius 3 is 2.47 bits per heavy atom. The molecule has 2 aromatic heterocycles. The predicted molar refractivity (Wildman–Crippen MR) is 150 cm³/mol. The first-order valence-corrected chi connectivity index (χ1v) is 15.2. The fourth-order valence-corrected chi connectivity index (χ4v) is 6.08. The number of hydrogen-bond acceptors (Lipinski definition) is 9. The zero-order valence-electron chi connectivity index (χ0n) is 23.2. The first-order valence-electron chi connectivity index (χ1n) is 13.4. The molecule has 230 valence electrons. The largest absolute Gasteiger partial charge is 0.494 e. The number of alkyl halides is 3. The van der Waals surface area contributed by atoms with Gasteiger partial charge in [0.15, 0.2) is 0 Å². The molecule has 12 nitrogen and oxygen atoms in total. The Kier molecular flexibility index (Phi) is 8.36. The van der Waals surface area contributed by atoms with Gasteiger partial charge in [0.2, 0.25) is 5.95 Å². The van der Waals surface area contributed by atoms with Crippen LogP contribution in [0.2, 0.25) is 0 Å². The number of nitrogens with zero attached hydrogens (tertiary/aromatic N) is 4. The van der Waals surface area contributed by atoms with Crippen molar-refractivity contribution >= 4 is 36.6 Å². The average molecular weight is 623 g/mol. The molecule has 1 aliphatic heterocycles. The maximum atomic E-state index is 14.0. The monoisotopic (exact) mass is 622 g/mol. The molecule has 5 N–H and O–H groups in total. The third-order valence-electron chi connectivity index (χ3n) is 7.55. The summed E-state index contributed by atoms with van der Waals surface area (Å²) in [6, 6.07) is 4.68. The highest BCUT2D eigenvalue weighted by Crippen LogP contribution is 2.43. The van der Waals surface area contributed by atoms with Crippen molar-refractivity contribution in [2.45, 2.75) is 56.6 Å². The number of amides is 1. The van der Waals surface area contributed by atoms with Crippen molar-refractivity contribution in [2.24, 2.45) is 0 Å². The molecule has 1 saturated carbocycles. The first kappa shape index (κ1) is 30.7. The molecule has 3 heterocycles. The molecule has 2 aliphatic rings. The van der Waals surface area contributed by atoms with Gasteiger partial charge >= 0.3 is 13.8 Å². The maximum absolute atomic E-state index is 14.0. The molecule has 0 spiro atoms. The lowest BCUT2D eigenvalue weighted by atomic mass is 9.80. The molecular formula is C27H30F3N6O6P. The predicted octanol–water partition coefficient (Wildman–Crippen LogP) is 4.67. The number of fused-ring (bicyclic) bond motifs is 1. The van der Waals surface area contributed by atoms with Crippen LogP contribution in [-0.2, 0) is 23.4 Å². The molecule has 0 saturated heterocycles. The van der Waals surface area contributed by atoms with E-state index >= 15 is 0 Å².